The lowest BCUT2D eigenvalue weighted by Gasteiger charge is -2.31. The van der Waals surface area contributed by atoms with Crippen LogP contribution in [0, 0.1) is 6.92 Å². The molecule has 5 nitrogen and oxygen atoms in total. The highest BCUT2D eigenvalue weighted by atomic mass is 16.5. The summed E-state index contributed by atoms with van der Waals surface area (Å²) in [6, 6.07) is 17.5. The fraction of sp³-hybridized carbons (Fsp3) is 0.304. The molecule has 1 aliphatic heterocycles. The number of nitrogens with zero attached hydrogens (tertiary/aromatic N) is 1. The molecule has 0 saturated carbocycles. The van der Waals surface area contributed by atoms with Crippen LogP contribution in [0.4, 0.5) is 0 Å². The molecular weight excluding hydrogens is 352 g/mol. The van der Waals surface area contributed by atoms with Gasteiger partial charge in [0.1, 0.15) is 5.75 Å². The van der Waals surface area contributed by atoms with Crippen LogP contribution in [-0.4, -0.2) is 42.5 Å². The van der Waals surface area contributed by atoms with Crippen molar-refractivity contribution in [2.75, 3.05) is 19.7 Å². The van der Waals surface area contributed by atoms with Crippen molar-refractivity contribution in [2.24, 2.45) is 0 Å². The van der Waals surface area contributed by atoms with E-state index in [0.717, 1.165) is 24.0 Å². The van der Waals surface area contributed by atoms with Gasteiger partial charge in [0, 0.05) is 25.2 Å². The van der Waals surface area contributed by atoms with Crippen LogP contribution in [0.2, 0.25) is 0 Å². The first-order valence-corrected chi connectivity index (χ1v) is 9.61. The summed E-state index contributed by atoms with van der Waals surface area (Å²) in [5.74, 6) is 0.567. The smallest absolute Gasteiger partial charge is 0.258 e. The van der Waals surface area contributed by atoms with Gasteiger partial charge in [-0.2, -0.15) is 0 Å². The summed E-state index contributed by atoms with van der Waals surface area (Å²) in [4.78, 5) is 26.2. The van der Waals surface area contributed by atoms with Gasteiger partial charge in [0.15, 0.2) is 6.61 Å². The largest absolute Gasteiger partial charge is 0.484 e. The van der Waals surface area contributed by atoms with Gasteiger partial charge in [0.05, 0.1) is 0 Å². The van der Waals surface area contributed by atoms with E-state index in [0.29, 0.717) is 18.8 Å². The lowest BCUT2D eigenvalue weighted by atomic mass is 10.0. The van der Waals surface area contributed by atoms with Gasteiger partial charge >= 0.3 is 0 Å². The number of hydrogen-bond donors (Lipinski definition) is 1. The van der Waals surface area contributed by atoms with Gasteiger partial charge in [-0.1, -0.05) is 48.0 Å². The van der Waals surface area contributed by atoms with Crippen LogP contribution in [0.5, 0.6) is 5.75 Å². The number of carbonyl (C=O) groups excluding carboxylic acids is 2. The second-order valence-electron chi connectivity index (χ2n) is 7.01. The van der Waals surface area contributed by atoms with Crippen LogP contribution < -0.4 is 10.1 Å². The van der Waals surface area contributed by atoms with Crippen molar-refractivity contribution in [1.29, 1.82) is 0 Å². The highest BCUT2D eigenvalue weighted by Crippen LogP contribution is 2.13. The second-order valence-corrected chi connectivity index (χ2v) is 7.01. The molecule has 146 valence electrons. The zero-order valence-corrected chi connectivity index (χ0v) is 16.1. The third-order valence-corrected chi connectivity index (χ3v) is 4.78. The summed E-state index contributed by atoms with van der Waals surface area (Å²) in [6.45, 7) is 3.29. The van der Waals surface area contributed by atoms with E-state index in [2.05, 4.69) is 5.32 Å². The van der Waals surface area contributed by atoms with Gasteiger partial charge in [-0.3, -0.25) is 9.59 Å². The molecule has 1 saturated heterocycles. The molecule has 1 fully saturated rings. The molecule has 0 unspecified atom stereocenters. The highest BCUT2D eigenvalue weighted by Gasteiger charge is 2.22. The van der Waals surface area contributed by atoms with E-state index in [4.69, 9.17) is 4.74 Å². The third kappa shape index (κ3) is 5.98. The van der Waals surface area contributed by atoms with Crippen LogP contribution in [-0.2, 0) is 9.59 Å². The predicted molar refractivity (Wildman–Crippen MR) is 110 cm³/mol. The van der Waals surface area contributed by atoms with Crippen LogP contribution in [0.1, 0.15) is 24.0 Å². The maximum absolute atomic E-state index is 12.3. The molecule has 2 aromatic rings. The van der Waals surface area contributed by atoms with Crippen molar-refractivity contribution in [2.45, 2.75) is 25.8 Å². The Balaban J connectivity index is 1.38. The summed E-state index contributed by atoms with van der Waals surface area (Å²) in [6.07, 6.45) is 4.95. The fourth-order valence-corrected chi connectivity index (χ4v) is 3.13. The molecule has 0 bridgehead atoms. The summed E-state index contributed by atoms with van der Waals surface area (Å²) < 4.78 is 5.51. The molecule has 0 spiro atoms. The normalized spacial score (nSPS) is 14.8. The van der Waals surface area contributed by atoms with E-state index in [9.17, 15) is 9.59 Å². The number of benzene rings is 2. The molecule has 2 aromatic carbocycles. The molecule has 5 heteroatoms. The molecule has 3 rings (SSSR count). The Morgan fingerprint density at radius 2 is 1.75 bits per heavy atom. The fourth-order valence-electron chi connectivity index (χ4n) is 3.13. The molecule has 1 N–H and O–H groups in total. The Hall–Kier alpha value is -3.08. The van der Waals surface area contributed by atoms with Crippen molar-refractivity contribution in [1.82, 2.24) is 10.2 Å². The van der Waals surface area contributed by atoms with E-state index in [1.54, 1.807) is 6.08 Å². The zero-order valence-electron chi connectivity index (χ0n) is 16.1. The number of carbonyl (C=O) groups is 2. The molecule has 0 radical (unpaired) electrons. The number of amides is 2. The van der Waals surface area contributed by atoms with E-state index >= 15 is 0 Å². The Morgan fingerprint density at radius 3 is 2.43 bits per heavy atom. The number of likely N-dealkylation sites (tertiary alicyclic amines) is 1. The Kier molecular flexibility index (Phi) is 6.84. The zero-order chi connectivity index (χ0) is 19.8. The lowest BCUT2D eigenvalue weighted by molar-refractivity contribution is -0.127. The molecular formula is C23H26N2O3. The van der Waals surface area contributed by atoms with Crippen molar-refractivity contribution >= 4 is 17.9 Å². The Labute approximate surface area is 166 Å². The van der Waals surface area contributed by atoms with Crippen LogP contribution in [0.25, 0.3) is 6.08 Å². The van der Waals surface area contributed by atoms with E-state index in [1.807, 2.05) is 72.5 Å². The van der Waals surface area contributed by atoms with Gasteiger partial charge < -0.3 is 15.0 Å². The quantitative estimate of drug-likeness (QED) is 0.786. The predicted octanol–water partition coefficient (Wildman–Crippen LogP) is 3.19. The Bertz CT molecular complexity index is 808. The number of ether oxygens (including phenoxy) is 1. The average molecular weight is 378 g/mol. The summed E-state index contributed by atoms with van der Waals surface area (Å²) in [5.41, 5.74) is 2.16. The first kappa shape index (κ1) is 19.7. The summed E-state index contributed by atoms with van der Waals surface area (Å²) >= 11 is 0. The maximum Gasteiger partial charge on any atom is 0.258 e. The van der Waals surface area contributed by atoms with E-state index in [1.165, 1.54) is 0 Å². The van der Waals surface area contributed by atoms with Gasteiger partial charge in [-0.15, -0.1) is 0 Å². The van der Waals surface area contributed by atoms with Crippen molar-refractivity contribution in [3.63, 3.8) is 0 Å². The highest BCUT2D eigenvalue weighted by molar-refractivity contribution is 5.91. The maximum atomic E-state index is 12.3. The van der Waals surface area contributed by atoms with Gasteiger partial charge in [-0.25, -0.2) is 0 Å². The summed E-state index contributed by atoms with van der Waals surface area (Å²) in [5, 5.41) is 3.00. The van der Waals surface area contributed by atoms with Crippen molar-refractivity contribution < 1.29 is 14.3 Å². The SMILES string of the molecule is Cc1ccc(OCC(=O)NC2CCN(C(=O)/C=C/c3ccccc3)CC2)cc1. The standard InChI is InChI=1S/C23H26N2O3/c1-18-7-10-21(11-8-18)28-17-22(26)24-20-13-15-25(16-14-20)23(27)12-9-19-5-3-2-4-6-19/h2-12,20H,13-17H2,1H3,(H,24,26)/b12-9+. The van der Waals surface area contributed by atoms with Crippen molar-refractivity contribution in [3.8, 4) is 5.75 Å². The lowest BCUT2D eigenvalue weighted by Crippen LogP contribution is -2.47. The number of hydrogen-bond acceptors (Lipinski definition) is 3. The van der Waals surface area contributed by atoms with Gasteiger partial charge in [0.25, 0.3) is 5.91 Å². The minimum atomic E-state index is -0.130. The van der Waals surface area contributed by atoms with E-state index in [-0.39, 0.29) is 24.5 Å². The van der Waals surface area contributed by atoms with Crippen LogP contribution in [0.15, 0.2) is 60.7 Å². The molecule has 1 aliphatic rings. The average Bonchev–Trinajstić information content (AvgIpc) is 2.73. The minimum Gasteiger partial charge on any atom is -0.484 e. The number of piperidine rings is 1. The van der Waals surface area contributed by atoms with Crippen LogP contribution in [0.3, 0.4) is 0 Å². The molecule has 0 aliphatic carbocycles. The molecule has 28 heavy (non-hydrogen) atoms. The monoisotopic (exact) mass is 378 g/mol. The minimum absolute atomic E-state index is 0.00200. The molecule has 2 amide bonds. The van der Waals surface area contributed by atoms with Gasteiger partial charge in [0.2, 0.25) is 5.91 Å². The second kappa shape index (κ2) is 9.74. The number of aryl methyl sites for hydroxylation is 1. The van der Waals surface area contributed by atoms with Crippen LogP contribution >= 0.6 is 0 Å². The number of rotatable bonds is 6. The molecule has 1 heterocycles. The first-order valence-electron chi connectivity index (χ1n) is 9.61. The van der Waals surface area contributed by atoms with Crippen molar-refractivity contribution in [3.05, 3.63) is 71.8 Å². The van der Waals surface area contributed by atoms with Gasteiger partial charge in [-0.05, 0) is 43.5 Å². The topological polar surface area (TPSA) is 58.6 Å². The first-order chi connectivity index (χ1) is 13.6. The van der Waals surface area contributed by atoms with E-state index < -0.39 is 0 Å². The Morgan fingerprint density at radius 1 is 1.07 bits per heavy atom. The molecule has 0 atom stereocenters. The summed E-state index contributed by atoms with van der Waals surface area (Å²) in [7, 11) is 0. The number of nitrogens with one attached hydrogen (secondary N) is 1. The third-order valence-electron chi connectivity index (χ3n) is 4.78. The molecule has 0 aromatic heterocycles.